The van der Waals surface area contributed by atoms with Gasteiger partial charge >= 0.3 is 0 Å². The minimum atomic E-state index is -0.268. The number of rotatable bonds is 3. The summed E-state index contributed by atoms with van der Waals surface area (Å²) in [7, 11) is 1.61. The predicted molar refractivity (Wildman–Crippen MR) is 94.9 cm³/mol. The molecule has 0 saturated carbocycles. The van der Waals surface area contributed by atoms with Crippen LogP contribution in [0.5, 0.6) is 5.75 Å². The number of pyridine rings is 2. The van der Waals surface area contributed by atoms with Crippen LogP contribution in [0.2, 0.25) is 0 Å². The average molecular weight is 334 g/mol. The first-order valence-electron chi connectivity index (χ1n) is 7.79. The van der Waals surface area contributed by atoms with Gasteiger partial charge in [-0.1, -0.05) is 6.07 Å². The Balaban J connectivity index is 1.71. The smallest absolute Gasteiger partial charge is 0.198 e. The number of fused-ring (bicyclic) bond motifs is 2. The summed E-state index contributed by atoms with van der Waals surface area (Å²) in [5.74, 6) is 0.966. The summed E-state index contributed by atoms with van der Waals surface area (Å²) in [6.07, 6.45) is 3.63. The van der Waals surface area contributed by atoms with E-state index in [0.29, 0.717) is 17.2 Å². The first kappa shape index (κ1) is 15.3. The topological polar surface area (TPSA) is 52.3 Å². The van der Waals surface area contributed by atoms with Gasteiger partial charge in [-0.2, -0.15) is 0 Å². The lowest BCUT2D eigenvalue weighted by molar-refractivity contribution is 0.416. The first-order valence-corrected chi connectivity index (χ1v) is 7.79. The van der Waals surface area contributed by atoms with Gasteiger partial charge in [0.2, 0.25) is 0 Å². The molecule has 0 spiro atoms. The number of hydrogen-bond acceptors (Lipinski definition) is 4. The summed E-state index contributed by atoms with van der Waals surface area (Å²) in [6.45, 7) is 1.96. The average Bonchev–Trinajstić information content (AvgIpc) is 3.05. The Morgan fingerprint density at radius 2 is 1.92 bits per heavy atom. The molecule has 0 atom stereocenters. The Hall–Kier alpha value is -3.28. The normalized spacial score (nSPS) is 11.6. The lowest BCUT2D eigenvalue weighted by Gasteiger charge is -2.02. The molecular weight excluding hydrogens is 319 g/mol. The third-order valence-corrected chi connectivity index (χ3v) is 3.95. The van der Waals surface area contributed by atoms with Crippen LogP contribution in [0.4, 0.5) is 4.39 Å². The molecule has 25 heavy (non-hydrogen) atoms. The van der Waals surface area contributed by atoms with Crippen LogP contribution in [0.1, 0.15) is 17.2 Å². The summed E-state index contributed by atoms with van der Waals surface area (Å²) in [5.41, 5.74) is 3.13. The highest BCUT2D eigenvalue weighted by atomic mass is 19.1. The van der Waals surface area contributed by atoms with E-state index in [1.807, 2.05) is 37.3 Å². The molecule has 124 valence electrons. The van der Waals surface area contributed by atoms with Crippen LogP contribution in [-0.2, 0) is 0 Å². The Morgan fingerprint density at radius 3 is 2.76 bits per heavy atom. The molecule has 0 N–H and O–H groups in total. The minimum absolute atomic E-state index is 0.268. The molecule has 0 amide bonds. The minimum Gasteiger partial charge on any atom is -0.493 e. The maximum absolute atomic E-state index is 13.2. The summed E-state index contributed by atoms with van der Waals surface area (Å²) >= 11 is 0. The Bertz CT molecular complexity index is 1120. The van der Waals surface area contributed by atoms with E-state index < -0.39 is 0 Å². The summed E-state index contributed by atoms with van der Waals surface area (Å²) in [5, 5.41) is 5.24. The molecule has 0 saturated heterocycles. The van der Waals surface area contributed by atoms with Crippen LogP contribution in [-0.4, -0.2) is 26.7 Å². The fourth-order valence-corrected chi connectivity index (χ4v) is 2.67. The van der Waals surface area contributed by atoms with Crippen LogP contribution in [0, 0.1) is 12.7 Å². The van der Waals surface area contributed by atoms with Crippen molar-refractivity contribution in [1.82, 2.24) is 19.6 Å². The molecule has 4 aromatic rings. The van der Waals surface area contributed by atoms with E-state index in [2.05, 4.69) is 15.1 Å². The lowest BCUT2D eigenvalue weighted by atomic mass is 10.2. The third-order valence-electron chi connectivity index (χ3n) is 3.95. The quantitative estimate of drug-likeness (QED) is 0.570. The van der Waals surface area contributed by atoms with Gasteiger partial charge in [0.05, 0.1) is 18.3 Å². The fraction of sp³-hybridized carbons (Fsp3) is 0.105. The van der Waals surface area contributed by atoms with Crippen molar-refractivity contribution < 1.29 is 9.13 Å². The van der Waals surface area contributed by atoms with Gasteiger partial charge in [-0.05, 0) is 55.5 Å². The zero-order chi connectivity index (χ0) is 17.4. The van der Waals surface area contributed by atoms with Gasteiger partial charge in [-0.3, -0.25) is 0 Å². The van der Waals surface area contributed by atoms with Crippen molar-refractivity contribution in [2.75, 3.05) is 7.11 Å². The fourth-order valence-electron chi connectivity index (χ4n) is 2.67. The molecule has 0 radical (unpaired) electrons. The van der Waals surface area contributed by atoms with E-state index in [-0.39, 0.29) is 5.82 Å². The third kappa shape index (κ3) is 2.82. The maximum atomic E-state index is 13.2. The Morgan fingerprint density at radius 1 is 1.04 bits per heavy atom. The molecule has 3 aromatic heterocycles. The number of aromatic nitrogens is 4. The van der Waals surface area contributed by atoms with Crippen molar-refractivity contribution in [2.45, 2.75) is 6.92 Å². The van der Waals surface area contributed by atoms with Crippen LogP contribution < -0.4 is 4.74 Å². The highest BCUT2D eigenvalue weighted by Crippen LogP contribution is 2.20. The first-order chi connectivity index (χ1) is 12.1. The molecule has 0 unspecified atom stereocenters. The number of nitrogens with zero attached hydrogens (tertiary/aromatic N) is 4. The molecule has 0 aliphatic heterocycles. The summed E-state index contributed by atoms with van der Waals surface area (Å²) in [6, 6.07) is 12.0. The van der Waals surface area contributed by atoms with E-state index in [9.17, 15) is 4.39 Å². The predicted octanol–water partition coefficient (Wildman–Crippen LogP) is 3.90. The monoisotopic (exact) mass is 334 g/mol. The zero-order valence-electron chi connectivity index (χ0n) is 13.8. The molecule has 0 bridgehead atoms. The second-order valence-corrected chi connectivity index (χ2v) is 5.65. The number of hydrogen-bond donors (Lipinski definition) is 0. The molecular formula is C19H15FN4O. The van der Waals surface area contributed by atoms with E-state index >= 15 is 0 Å². The summed E-state index contributed by atoms with van der Waals surface area (Å²) in [4.78, 5) is 8.99. The van der Waals surface area contributed by atoms with Gasteiger partial charge in [0.25, 0.3) is 0 Å². The van der Waals surface area contributed by atoms with Crippen molar-refractivity contribution in [3.63, 3.8) is 0 Å². The molecule has 0 aliphatic rings. The van der Waals surface area contributed by atoms with Crippen molar-refractivity contribution in [1.29, 1.82) is 0 Å². The van der Waals surface area contributed by atoms with Crippen LogP contribution in [0.15, 0.2) is 42.5 Å². The van der Waals surface area contributed by atoms with E-state index in [0.717, 1.165) is 22.3 Å². The molecule has 5 nitrogen and oxygen atoms in total. The van der Waals surface area contributed by atoms with Gasteiger partial charge in [0.15, 0.2) is 17.2 Å². The number of methoxy groups -OCH3 is 1. The number of ether oxygens (including phenoxy) is 1. The second kappa shape index (κ2) is 5.98. The molecule has 1 aromatic carbocycles. The molecule has 4 rings (SSSR count). The SMILES string of the molecule is COc1ccc(C)n2nc(C=Cc3ccc4cc(F)ccc4n3)nc12. The number of benzene rings is 1. The lowest BCUT2D eigenvalue weighted by Crippen LogP contribution is -1.95. The van der Waals surface area contributed by atoms with Crippen molar-refractivity contribution in [3.05, 3.63) is 65.5 Å². The highest BCUT2D eigenvalue weighted by molar-refractivity contribution is 5.80. The van der Waals surface area contributed by atoms with Gasteiger partial charge in [-0.25, -0.2) is 18.9 Å². The van der Waals surface area contributed by atoms with Crippen molar-refractivity contribution in [2.24, 2.45) is 0 Å². The van der Waals surface area contributed by atoms with E-state index in [4.69, 9.17) is 4.74 Å². The molecule has 0 aliphatic carbocycles. The van der Waals surface area contributed by atoms with Crippen LogP contribution in [0.25, 0.3) is 28.7 Å². The van der Waals surface area contributed by atoms with Gasteiger partial charge in [0, 0.05) is 11.1 Å². The molecule has 6 heteroatoms. The standard InChI is InChI=1S/C19H15FN4O/c1-12-3-9-17(25-2)19-22-18(23-24(12)19)10-7-15-6-4-13-11-14(20)5-8-16(13)21-15/h3-11H,1-2H3. The zero-order valence-corrected chi connectivity index (χ0v) is 13.8. The summed E-state index contributed by atoms with van der Waals surface area (Å²) < 4.78 is 20.3. The Labute approximate surface area is 143 Å². The molecule has 0 fully saturated rings. The van der Waals surface area contributed by atoms with Crippen molar-refractivity contribution in [3.8, 4) is 5.75 Å². The van der Waals surface area contributed by atoms with E-state index in [1.165, 1.54) is 12.1 Å². The maximum Gasteiger partial charge on any atom is 0.198 e. The number of aryl methyl sites for hydroxylation is 1. The Kier molecular flexibility index (Phi) is 3.65. The van der Waals surface area contributed by atoms with Crippen LogP contribution in [0.3, 0.4) is 0 Å². The second-order valence-electron chi connectivity index (χ2n) is 5.65. The van der Waals surface area contributed by atoms with Crippen molar-refractivity contribution >= 4 is 28.7 Å². The highest BCUT2D eigenvalue weighted by Gasteiger charge is 2.08. The van der Waals surface area contributed by atoms with Gasteiger partial charge in [0.1, 0.15) is 5.82 Å². The van der Waals surface area contributed by atoms with Gasteiger partial charge in [-0.15, -0.1) is 5.10 Å². The number of halogens is 1. The van der Waals surface area contributed by atoms with Crippen LogP contribution >= 0.6 is 0 Å². The van der Waals surface area contributed by atoms with E-state index in [1.54, 1.807) is 23.8 Å². The van der Waals surface area contributed by atoms with Gasteiger partial charge < -0.3 is 4.74 Å². The molecule has 3 heterocycles. The largest absolute Gasteiger partial charge is 0.493 e.